The molecular formula is C9H15NO3. The highest BCUT2D eigenvalue weighted by Gasteiger charge is 2.00. The van der Waals surface area contributed by atoms with Crippen LogP contribution in [0.5, 0.6) is 0 Å². The van der Waals surface area contributed by atoms with Crippen molar-refractivity contribution in [3.05, 3.63) is 11.6 Å². The molecule has 0 fully saturated rings. The Morgan fingerprint density at radius 1 is 1.38 bits per heavy atom. The molecule has 0 heterocycles. The lowest BCUT2D eigenvalue weighted by molar-refractivity contribution is -0.119. The normalized spacial score (nSPS) is 11.4. The van der Waals surface area contributed by atoms with Crippen molar-refractivity contribution in [2.75, 3.05) is 6.61 Å². The van der Waals surface area contributed by atoms with Crippen molar-refractivity contribution in [2.24, 2.45) is 5.73 Å². The summed E-state index contributed by atoms with van der Waals surface area (Å²) in [6.45, 7) is 1.50. The molecule has 74 valence electrons. The van der Waals surface area contributed by atoms with Gasteiger partial charge in [-0.2, -0.15) is 0 Å². The first kappa shape index (κ1) is 11.8. The Kier molecular flexibility index (Phi) is 5.80. The van der Waals surface area contributed by atoms with Crippen molar-refractivity contribution in [1.82, 2.24) is 0 Å². The van der Waals surface area contributed by atoms with Crippen molar-refractivity contribution >= 4 is 11.7 Å². The Balaban J connectivity index is 3.72. The van der Waals surface area contributed by atoms with E-state index in [0.29, 0.717) is 18.4 Å². The molecule has 0 aromatic heterocycles. The van der Waals surface area contributed by atoms with Gasteiger partial charge in [-0.05, 0) is 13.3 Å². The second-order valence-electron chi connectivity index (χ2n) is 2.80. The van der Waals surface area contributed by atoms with E-state index in [1.165, 1.54) is 0 Å². The van der Waals surface area contributed by atoms with E-state index in [0.717, 1.165) is 0 Å². The minimum Gasteiger partial charge on any atom is -0.396 e. The van der Waals surface area contributed by atoms with Crippen LogP contribution in [-0.4, -0.2) is 23.4 Å². The molecule has 0 atom stereocenters. The van der Waals surface area contributed by atoms with Crippen LogP contribution in [0.1, 0.15) is 26.2 Å². The van der Waals surface area contributed by atoms with Crippen LogP contribution in [0.2, 0.25) is 0 Å². The molecule has 0 unspecified atom stereocenters. The number of primary amides is 1. The van der Waals surface area contributed by atoms with Gasteiger partial charge in [-0.15, -0.1) is 0 Å². The van der Waals surface area contributed by atoms with Gasteiger partial charge in [0.2, 0.25) is 5.91 Å². The second-order valence-corrected chi connectivity index (χ2v) is 2.80. The predicted octanol–water partition coefficient (Wildman–Crippen LogP) is 0.150. The fraction of sp³-hybridized carbons (Fsp3) is 0.556. The molecule has 0 aliphatic heterocycles. The number of amides is 1. The van der Waals surface area contributed by atoms with Crippen LogP contribution in [0.25, 0.3) is 0 Å². The monoisotopic (exact) mass is 185 g/mol. The van der Waals surface area contributed by atoms with Crippen LogP contribution in [0.3, 0.4) is 0 Å². The summed E-state index contributed by atoms with van der Waals surface area (Å²) >= 11 is 0. The van der Waals surface area contributed by atoms with Crippen molar-refractivity contribution in [1.29, 1.82) is 0 Å². The topological polar surface area (TPSA) is 80.4 Å². The van der Waals surface area contributed by atoms with Crippen LogP contribution in [0.15, 0.2) is 11.6 Å². The summed E-state index contributed by atoms with van der Waals surface area (Å²) in [4.78, 5) is 21.4. The maximum absolute atomic E-state index is 10.9. The lowest BCUT2D eigenvalue weighted by atomic mass is 10.1. The number of Topliss-reactive ketones (excluding diaryl/α,β-unsaturated/α-hetero) is 1. The van der Waals surface area contributed by atoms with E-state index in [2.05, 4.69) is 0 Å². The average Bonchev–Trinajstić information content (AvgIpc) is 2.04. The molecular weight excluding hydrogens is 170 g/mol. The molecule has 13 heavy (non-hydrogen) atoms. The molecule has 0 aromatic rings. The average molecular weight is 185 g/mol. The third-order valence-electron chi connectivity index (χ3n) is 1.65. The fourth-order valence-corrected chi connectivity index (χ4v) is 0.800. The van der Waals surface area contributed by atoms with Gasteiger partial charge in [-0.25, -0.2) is 0 Å². The minimum absolute atomic E-state index is 0.00368. The zero-order chi connectivity index (χ0) is 10.3. The number of carbonyl (C=O) groups excluding carboxylic acids is 2. The number of nitrogens with two attached hydrogens (primary N) is 1. The van der Waals surface area contributed by atoms with Crippen LogP contribution in [0, 0.1) is 0 Å². The molecule has 4 heteroatoms. The third-order valence-corrected chi connectivity index (χ3v) is 1.65. The summed E-state index contributed by atoms with van der Waals surface area (Å²) in [6.07, 6.45) is 2.68. The fourth-order valence-electron chi connectivity index (χ4n) is 0.800. The molecule has 0 aliphatic rings. The van der Waals surface area contributed by atoms with Gasteiger partial charge in [0.1, 0.15) is 5.78 Å². The molecule has 0 saturated carbocycles. The highest BCUT2D eigenvalue weighted by Crippen LogP contribution is 2.00. The van der Waals surface area contributed by atoms with E-state index in [1.807, 2.05) is 0 Å². The summed E-state index contributed by atoms with van der Waals surface area (Å²) in [5.41, 5.74) is 5.45. The van der Waals surface area contributed by atoms with Gasteiger partial charge in [0.15, 0.2) is 0 Å². The largest absolute Gasteiger partial charge is 0.396 e. The lowest BCUT2D eigenvalue weighted by Gasteiger charge is -1.96. The van der Waals surface area contributed by atoms with Gasteiger partial charge in [0.25, 0.3) is 0 Å². The molecule has 0 aliphatic carbocycles. The van der Waals surface area contributed by atoms with E-state index >= 15 is 0 Å². The molecule has 4 nitrogen and oxygen atoms in total. The molecule has 0 radical (unpaired) electrons. The third kappa shape index (κ3) is 6.04. The number of hydrogen-bond donors (Lipinski definition) is 2. The predicted molar refractivity (Wildman–Crippen MR) is 48.9 cm³/mol. The van der Waals surface area contributed by atoms with Crippen LogP contribution in [-0.2, 0) is 9.59 Å². The number of ketones is 1. The second kappa shape index (κ2) is 6.37. The number of allylic oxidation sites excluding steroid dienone is 1. The lowest BCUT2D eigenvalue weighted by Crippen LogP contribution is -2.11. The summed E-state index contributed by atoms with van der Waals surface area (Å²) in [5.74, 6) is -0.467. The van der Waals surface area contributed by atoms with Gasteiger partial charge < -0.3 is 10.8 Å². The van der Waals surface area contributed by atoms with Crippen molar-refractivity contribution in [2.45, 2.75) is 26.2 Å². The van der Waals surface area contributed by atoms with Crippen LogP contribution < -0.4 is 5.73 Å². The number of hydrogen-bond acceptors (Lipinski definition) is 3. The first-order valence-electron chi connectivity index (χ1n) is 4.17. The summed E-state index contributed by atoms with van der Waals surface area (Å²) in [5, 5.41) is 8.42. The van der Waals surface area contributed by atoms with Gasteiger partial charge in [-0.1, -0.05) is 6.08 Å². The quantitative estimate of drug-likeness (QED) is 0.578. The zero-order valence-corrected chi connectivity index (χ0v) is 7.75. The maximum Gasteiger partial charge on any atom is 0.244 e. The van der Waals surface area contributed by atoms with Gasteiger partial charge in [0, 0.05) is 25.0 Å². The van der Waals surface area contributed by atoms with E-state index in [1.54, 1.807) is 13.0 Å². The molecule has 3 N–H and O–H groups in total. The van der Waals surface area contributed by atoms with Gasteiger partial charge in [0.05, 0.1) is 0 Å². The first-order valence-corrected chi connectivity index (χ1v) is 4.17. The van der Waals surface area contributed by atoms with Crippen molar-refractivity contribution < 1.29 is 14.7 Å². The Labute approximate surface area is 77.4 Å². The number of aliphatic hydroxyl groups excluding tert-OH is 1. The van der Waals surface area contributed by atoms with E-state index in [4.69, 9.17) is 10.8 Å². The van der Waals surface area contributed by atoms with E-state index in [9.17, 15) is 9.59 Å². The summed E-state index contributed by atoms with van der Waals surface area (Å²) in [7, 11) is 0. The van der Waals surface area contributed by atoms with Crippen LogP contribution >= 0.6 is 0 Å². The Morgan fingerprint density at radius 3 is 2.46 bits per heavy atom. The van der Waals surface area contributed by atoms with E-state index < -0.39 is 5.91 Å². The number of rotatable bonds is 6. The molecule has 0 aromatic carbocycles. The molecule has 0 saturated heterocycles. The first-order chi connectivity index (χ1) is 6.07. The maximum atomic E-state index is 10.9. The number of carbonyl (C=O) groups is 2. The van der Waals surface area contributed by atoms with Crippen molar-refractivity contribution in [3.8, 4) is 0 Å². The van der Waals surface area contributed by atoms with Gasteiger partial charge >= 0.3 is 0 Å². The van der Waals surface area contributed by atoms with Gasteiger partial charge in [-0.3, -0.25) is 9.59 Å². The number of aliphatic hydroxyl groups is 1. The molecule has 1 amide bonds. The summed E-state index contributed by atoms with van der Waals surface area (Å²) < 4.78 is 0. The summed E-state index contributed by atoms with van der Waals surface area (Å²) in [6, 6.07) is 0. The molecule has 0 bridgehead atoms. The standard InChI is InChI=1S/C9H15NO3/c1-7(9(10)13)3-2-4-8(12)5-6-11/h3,11H,2,4-6H2,1H3,(H2,10,13). The Morgan fingerprint density at radius 2 is 2.00 bits per heavy atom. The Bertz CT molecular complexity index is 221. The smallest absolute Gasteiger partial charge is 0.244 e. The highest BCUT2D eigenvalue weighted by atomic mass is 16.3. The minimum atomic E-state index is -0.463. The van der Waals surface area contributed by atoms with Crippen LogP contribution in [0.4, 0.5) is 0 Å². The molecule has 0 spiro atoms. The highest BCUT2D eigenvalue weighted by molar-refractivity contribution is 5.91. The SMILES string of the molecule is CC(=CCCC(=O)CCO)C(N)=O. The molecule has 0 rings (SSSR count). The Hall–Kier alpha value is -1.16. The van der Waals surface area contributed by atoms with Crippen molar-refractivity contribution in [3.63, 3.8) is 0 Å². The van der Waals surface area contributed by atoms with E-state index in [-0.39, 0.29) is 18.8 Å². The zero-order valence-electron chi connectivity index (χ0n) is 7.75.